The van der Waals surface area contributed by atoms with E-state index < -0.39 is 6.04 Å². The van der Waals surface area contributed by atoms with Crippen molar-refractivity contribution in [2.75, 3.05) is 6.54 Å². The molecule has 1 atom stereocenters. The fourth-order valence-corrected chi connectivity index (χ4v) is 3.65. The van der Waals surface area contributed by atoms with E-state index in [1.165, 1.54) is 24.3 Å². The lowest BCUT2D eigenvalue weighted by molar-refractivity contribution is 0.0652. The second kappa shape index (κ2) is 9.20. The molecule has 0 N–H and O–H groups in total. The molecule has 0 bridgehead atoms. The first kappa shape index (κ1) is 21.7. The molecule has 1 aromatic heterocycles. The van der Waals surface area contributed by atoms with Crippen LogP contribution < -0.4 is 5.56 Å². The number of rotatable bonds is 7. The standard InChI is InChI=1S/C24H28FN3O2/c1-5-14-27-22(26-21-9-7-6-8-20(21)24(27)30)17(4)28(15-16(2)3)23(29)18-10-12-19(25)13-11-18/h6-13,16-17H,5,14-15H2,1-4H3. The number of benzene rings is 2. The fraction of sp³-hybridized carbons (Fsp3) is 0.375. The maximum atomic E-state index is 13.3. The summed E-state index contributed by atoms with van der Waals surface area (Å²) in [4.78, 5) is 33.0. The molecule has 0 aliphatic heterocycles. The summed E-state index contributed by atoms with van der Waals surface area (Å²) in [6.07, 6.45) is 0.774. The molecule has 2 aromatic carbocycles. The van der Waals surface area contributed by atoms with E-state index in [-0.39, 0.29) is 23.2 Å². The summed E-state index contributed by atoms with van der Waals surface area (Å²) in [7, 11) is 0. The quantitative estimate of drug-likeness (QED) is 0.563. The van der Waals surface area contributed by atoms with E-state index >= 15 is 0 Å². The molecule has 1 unspecified atom stereocenters. The largest absolute Gasteiger partial charge is 0.328 e. The molecule has 0 radical (unpaired) electrons. The first-order chi connectivity index (χ1) is 14.3. The van der Waals surface area contributed by atoms with Gasteiger partial charge in [0.2, 0.25) is 0 Å². The van der Waals surface area contributed by atoms with Gasteiger partial charge >= 0.3 is 0 Å². The van der Waals surface area contributed by atoms with E-state index in [4.69, 9.17) is 4.98 Å². The van der Waals surface area contributed by atoms with E-state index in [1.54, 1.807) is 15.5 Å². The van der Waals surface area contributed by atoms with Gasteiger partial charge in [0.25, 0.3) is 11.5 Å². The van der Waals surface area contributed by atoms with Crippen LogP contribution in [0.5, 0.6) is 0 Å². The zero-order valence-corrected chi connectivity index (χ0v) is 17.9. The number of carbonyl (C=O) groups is 1. The van der Waals surface area contributed by atoms with Crippen molar-refractivity contribution in [3.8, 4) is 0 Å². The van der Waals surface area contributed by atoms with Gasteiger partial charge in [0.15, 0.2) is 0 Å². The van der Waals surface area contributed by atoms with Crippen LogP contribution >= 0.6 is 0 Å². The summed E-state index contributed by atoms with van der Waals surface area (Å²) in [6, 6.07) is 12.4. The summed E-state index contributed by atoms with van der Waals surface area (Å²) in [6.45, 7) is 8.98. The molecular formula is C24H28FN3O2. The number of fused-ring (bicyclic) bond motifs is 1. The molecule has 3 aromatic rings. The summed E-state index contributed by atoms with van der Waals surface area (Å²) in [5.41, 5.74) is 0.938. The van der Waals surface area contributed by atoms with E-state index in [0.717, 1.165) is 6.42 Å². The Hall–Kier alpha value is -3.02. The minimum absolute atomic E-state index is 0.0944. The number of amides is 1. The Morgan fingerprint density at radius 2 is 1.77 bits per heavy atom. The third-order valence-electron chi connectivity index (χ3n) is 5.09. The maximum Gasteiger partial charge on any atom is 0.261 e. The third-order valence-corrected chi connectivity index (χ3v) is 5.09. The topological polar surface area (TPSA) is 55.2 Å². The number of carbonyl (C=O) groups excluding carboxylic acids is 1. The fourth-order valence-electron chi connectivity index (χ4n) is 3.65. The summed E-state index contributed by atoms with van der Waals surface area (Å²) in [5, 5.41) is 0.571. The van der Waals surface area contributed by atoms with Crippen molar-refractivity contribution < 1.29 is 9.18 Å². The van der Waals surface area contributed by atoms with Crippen molar-refractivity contribution >= 4 is 16.8 Å². The Bertz CT molecular complexity index is 1090. The molecule has 3 rings (SSSR count). The molecule has 5 nitrogen and oxygen atoms in total. The van der Waals surface area contributed by atoms with Crippen molar-refractivity contribution in [3.05, 3.63) is 76.1 Å². The number of aromatic nitrogens is 2. The Kier molecular flexibility index (Phi) is 6.65. The van der Waals surface area contributed by atoms with Crippen LogP contribution in [0.4, 0.5) is 4.39 Å². The maximum absolute atomic E-state index is 13.3. The van der Waals surface area contributed by atoms with Crippen LogP contribution in [0.15, 0.2) is 53.3 Å². The summed E-state index contributed by atoms with van der Waals surface area (Å²) < 4.78 is 15.0. The van der Waals surface area contributed by atoms with Crippen molar-refractivity contribution in [2.24, 2.45) is 5.92 Å². The zero-order valence-electron chi connectivity index (χ0n) is 17.9. The van der Waals surface area contributed by atoms with E-state index in [0.29, 0.717) is 35.4 Å². The number of halogens is 1. The predicted molar refractivity (Wildman–Crippen MR) is 117 cm³/mol. The van der Waals surface area contributed by atoms with Gasteiger partial charge in [-0.1, -0.05) is 32.9 Å². The molecule has 158 valence electrons. The number of hydrogen-bond donors (Lipinski definition) is 0. The average molecular weight is 410 g/mol. The van der Waals surface area contributed by atoms with Gasteiger partial charge in [-0.3, -0.25) is 14.2 Å². The van der Waals surface area contributed by atoms with Crippen molar-refractivity contribution in [1.29, 1.82) is 0 Å². The molecule has 0 saturated heterocycles. The van der Waals surface area contributed by atoms with Crippen LogP contribution in [0, 0.1) is 11.7 Å². The van der Waals surface area contributed by atoms with Crippen LogP contribution in [0.3, 0.4) is 0 Å². The van der Waals surface area contributed by atoms with E-state index in [9.17, 15) is 14.0 Å². The lowest BCUT2D eigenvalue weighted by atomic mass is 10.1. The minimum atomic E-state index is -0.422. The van der Waals surface area contributed by atoms with Gasteiger partial charge in [-0.25, -0.2) is 9.37 Å². The lowest BCUT2D eigenvalue weighted by Gasteiger charge is -2.32. The van der Waals surface area contributed by atoms with Gasteiger partial charge in [0.05, 0.1) is 16.9 Å². The van der Waals surface area contributed by atoms with Gasteiger partial charge in [-0.05, 0) is 55.7 Å². The molecule has 0 aliphatic rings. The van der Waals surface area contributed by atoms with Gasteiger partial charge in [-0.15, -0.1) is 0 Å². The highest BCUT2D eigenvalue weighted by Gasteiger charge is 2.27. The Morgan fingerprint density at radius 3 is 2.40 bits per heavy atom. The highest BCUT2D eigenvalue weighted by molar-refractivity contribution is 5.94. The highest BCUT2D eigenvalue weighted by atomic mass is 19.1. The van der Waals surface area contributed by atoms with E-state index in [1.807, 2.05) is 45.9 Å². The molecule has 30 heavy (non-hydrogen) atoms. The smallest absolute Gasteiger partial charge is 0.261 e. The third kappa shape index (κ3) is 4.42. The van der Waals surface area contributed by atoms with Crippen molar-refractivity contribution in [1.82, 2.24) is 14.5 Å². The Morgan fingerprint density at radius 1 is 1.10 bits per heavy atom. The van der Waals surface area contributed by atoms with Gasteiger partial charge in [-0.2, -0.15) is 0 Å². The SMILES string of the molecule is CCCn1c(C(C)N(CC(C)C)C(=O)c2ccc(F)cc2)nc2ccccc2c1=O. The molecule has 0 aliphatic carbocycles. The second-order valence-electron chi connectivity index (χ2n) is 7.98. The van der Waals surface area contributed by atoms with Crippen LogP contribution in [-0.2, 0) is 6.54 Å². The minimum Gasteiger partial charge on any atom is -0.328 e. The van der Waals surface area contributed by atoms with Crippen molar-refractivity contribution in [2.45, 2.75) is 46.7 Å². The first-order valence-corrected chi connectivity index (χ1v) is 10.4. The van der Waals surface area contributed by atoms with Gasteiger partial charge in [0, 0.05) is 18.7 Å². The predicted octanol–water partition coefficient (Wildman–Crippen LogP) is 4.81. The van der Waals surface area contributed by atoms with Crippen molar-refractivity contribution in [3.63, 3.8) is 0 Å². The summed E-state index contributed by atoms with van der Waals surface area (Å²) in [5.74, 6) is 0.185. The lowest BCUT2D eigenvalue weighted by Crippen LogP contribution is -2.39. The summed E-state index contributed by atoms with van der Waals surface area (Å²) >= 11 is 0. The first-order valence-electron chi connectivity index (χ1n) is 10.4. The Labute approximate surface area is 176 Å². The van der Waals surface area contributed by atoms with E-state index in [2.05, 4.69) is 0 Å². The Balaban J connectivity index is 2.11. The van der Waals surface area contributed by atoms with Crippen LogP contribution in [0.2, 0.25) is 0 Å². The number of hydrogen-bond acceptors (Lipinski definition) is 3. The molecular weight excluding hydrogens is 381 g/mol. The number of nitrogens with zero attached hydrogens (tertiary/aromatic N) is 3. The molecule has 0 saturated carbocycles. The highest BCUT2D eigenvalue weighted by Crippen LogP contribution is 2.24. The average Bonchev–Trinajstić information content (AvgIpc) is 2.73. The van der Waals surface area contributed by atoms with Crippen LogP contribution in [0.25, 0.3) is 10.9 Å². The molecule has 0 spiro atoms. The monoisotopic (exact) mass is 409 g/mol. The van der Waals surface area contributed by atoms with Gasteiger partial charge in [0.1, 0.15) is 11.6 Å². The second-order valence-corrected chi connectivity index (χ2v) is 7.98. The number of para-hydroxylation sites is 1. The van der Waals surface area contributed by atoms with Crippen LogP contribution in [-0.4, -0.2) is 26.9 Å². The zero-order chi connectivity index (χ0) is 21.8. The normalized spacial score (nSPS) is 12.3. The molecule has 0 fully saturated rings. The molecule has 6 heteroatoms. The molecule has 1 heterocycles. The van der Waals surface area contributed by atoms with Gasteiger partial charge < -0.3 is 4.90 Å². The van der Waals surface area contributed by atoms with Crippen LogP contribution in [0.1, 0.15) is 56.3 Å². The molecule has 1 amide bonds.